The van der Waals surface area contributed by atoms with Crippen molar-refractivity contribution in [2.45, 2.75) is 40.3 Å². The van der Waals surface area contributed by atoms with Gasteiger partial charge in [0.25, 0.3) is 0 Å². The molecule has 0 spiro atoms. The predicted octanol–water partition coefficient (Wildman–Crippen LogP) is 7.03. The Bertz CT molecular complexity index is 1610. The van der Waals surface area contributed by atoms with Gasteiger partial charge in [-0.3, -0.25) is 0 Å². The highest BCUT2D eigenvalue weighted by Crippen LogP contribution is 2.38. The van der Waals surface area contributed by atoms with Crippen LogP contribution in [0.5, 0.6) is 0 Å². The molecule has 2 amide bonds. The fraction of sp³-hybridized carbons (Fsp3) is 0.188. The van der Waals surface area contributed by atoms with E-state index in [0.717, 1.165) is 50.8 Å². The molecule has 0 aliphatic carbocycles. The third-order valence-electron chi connectivity index (χ3n) is 7.21. The van der Waals surface area contributed by atoms with Gasteiger partial charge in [-0.25, -0.2) is 9.48 Å². The zero-order valence-electron chi connectivity index (χ0n) is 22.1. The molecule has 6 nitrogen and oxygen atoms in total. The van der Waals surface area contributed by atoms with Crippen LogP contribution in [0.4, 0.5) is 10.5 Å². The number of aryl methyl sites for hydroxylation is 4. The maximum absolute atomic E-state index is 14.1. The molecule has 1 atom stereocenters. The van der Waals surface area contributed by atoms with Crippen LogP contribution >= 0.6 is 0 Å². The first-order chi connectivity index (χ1) is 18.4. The lowest BCUT2D eigenvalue weighted by atomic mass is 10.0. The van der Waals surface area contributed by atoms with E-state index in [-0.39, 0.29) is 12.1 Å². The molecule has 1 N–H and O–H groups in total. The first-order valence-electron chi connectivity index (χ1n) is 12.9. The molecule has 0 saturated heterocycles. The van der Waals surface area contributed by atoms with Crippen molar-refractivity contribution in [2.75, 3.05) is 5.32 Å². The number of carbonyl (C=O) groups is 1. The average molecular weight is 502 g/mol. The largest absolute Gasteiger partial charge is 0.322 e. The number of nitrogens with zero attached hydrogens (tertiary/aromatic N) is 4. The number of para-hydroxylation sites is 1. The molecule has 3 aromatic carbocycles. The van der Waals surface area contributed by atoms with Crippen molar-refractivity contribution in [3.05, 3.63) is 130 Å². The van der Waals surface area contributed by atoms with E-state index < -0.39 is 0 Å². The number of amides is 2. The summed E-state index contributed by atoms with van der Waals surface area (Å²) in [5.74, 6) is 0.965. The smallest absolute Gasteiger partial charge is 0.308 e. The summed E-state index contributed by atoms with van der Waals surface area (Å²) in [7, 11) is 0. The van der Waals surface area contributed by atoms with Gasteiger partial charge in [0.15, 0.2) is 0 Å². The number of carbonyl (C=O) groups excluding carboxylic acids is 1. The zero-order chi connectivity index (χ0) is 26.4. The van der Waals surface area contributed by atoms with Crippen LogP contribution in [0, 0.1) is 27.7 Å². The van der Waals surface area contributed by atoms with Crippen LogP contribution in [0.1, 0.15) is 45.2 Å². The number of anilines is 1. The number of fused-ring (bicyclic) bond motifs is 3. The minimum Gasteiger partial charge on any atom is -0.308 e. The fourth-order valence-corrected chi connectivity index (χ4v) is 5.49. The molecule has 190 valence electrons. The molecule has 0 radical (unpaired) electrons. The number of benzene rings is 3. The van der Waals surface area contributed by atoms with Crippen molar-refractivity contribution in [3.8, 4) is 11.5 Å². The average Bonchev–Trinajstić information content (AvgIpc) is 3.45. The number of nitrogens with one attached hydrogen (secondary N) is 1. The second-order valence-electron chi connectivity index (χ2n) is 10.2. The van der Waals surface area contributed by atoms with Gasteiger partial charge in [-0.05, 0) is 80.8 Å². The summed E-state index contributed by atoms with van der Waals surface area (Å²) in [6.07, 6.45) is 2.07. The molecule has 0 unspecified atom stereocenters. The number of urea groups is 1. The van der Waals surface area contributed by atoms with E-state index in [4.69, 9.17) is 5.10 Å². The minimum absolute atomic E-state index is 0.145. The second-order valence-corrected chi connectivity index (χ2v) is 10.2. The van der Waals surface area contributed by atoms with Crippen LogP contribution in [0.15, 0.2) is 91.1 Å². The Balaban J connectivity index is 1.53. The van der Waals surface area contributed by atoms with Gasteiger partial charge in [-0.2, -0.15) is 5.10 Å². The quantitative estimate of drug-likeness (QED) is 0.288. The maximum atomic E-state index is 14.1. The lowest BCUT2D eigenvalue weighted by Gasteiger charge is -2.31. The van der Waals surface area contributed by atoms with Gasteiger partial charge in [0.05, 0.1) is 29.7 Å². The van der Waals surface area contributed by atoms with Crippen LogP contribution in [0.25, 0.3) is 11.5 Å². The Morgan fingerprint density at radius 1 is 0.842 bits per heavy atom. The Morgan fingerprint density at radius 2 is 1.55 bits per heavy atom. The van der Waals surface area contributed by atoms with Crippen molar-refractivity contribution in [1.29, 1.82) is 0 Å². The Kier molecular flexibility index (Phi) is 5.87. The maximum Gasteiger partial charge on any atom is 0.322 e. The summed E-state index contributed by atoms with van der Waals surface area (Å²) in [6.45, 7) is 8.62. The normalized spacial score (nSPS) is 14.5. The van der Waals surface area contributed by atoms with Crippen LogP contribution < -0.4 is 5.32 Å². The van der Waals surface area contributed by atoms with E-state index in [1.807, 2.05) is 66.8 Å². The molecule has 0 bridgehead atoms. The van der Waals surface area contributed by atoms with Gasteiger partial charge in [0, 0.05) is 17.4 Å². The van der Waals surface area contributed by atoms with Crippen molar-refractivity contribution in [1.82, 2.24) is 19.2 Å². The standard InChI is InChI=1S/C32H31N5O/c1-21-12-14-25(15-13-21)30-29-11-8-16-35(29)31-28(24(4)34-37(31)27-9-6-5-7-10-27)20-36(30)32(38)33-26-18-22(2)17-23(3)19-26/h5-19,30H,20H2,1-4H3,(H,33,38)/t30-/m0/s1. The van der Waals surface area contributed by atoms with Gasteiger partial charge in [-0.1, -0.05) is 54.1 Å². The topological polar surface area (TPSA) is 55.1 Å². The molecule has 1 aliphatic heterocycles. The molecule has 3 heterocycles. The van der Waals surface area contributed by atoms with E-state index >= 15 is 0 Å². The van der Waals surface area contributed by atoms with Gasteiger partial charge < -0.3 is 14.8 Å². The molecule has 0 saturated carbocycles. The zero-order valence-corrected chi connectivity index (χ0v) is 22.1. The summed E-state index contributed by atoms with van der Waals surface area (Å²) in [6, 6.07) is 28.5. The summed E-state index contributed by atoms with van der Waals surface area (Å²) < 4.78 is 4.18. The first kappa shape index (κ1) is 23.8. The number of hydrogen-bond donors (Lipinski definition) is 1. The number of rotatable bonds is 3. The van der Waals surface area contributed by atoms with E-state index in [9.17, 15) is 4.79 Å². The van der Waals surface area contributed by atoms with Crippen molar-refractivity contribution >= 4 is 11.7 Å². The van der Waals surface area contributed by atoms with Crippen LogP contribution in [0.3, 0.4) is 0 Å². The SMILES string of the molecule is Cc1ccc([C@H]2c3cccn3-c3c(c(C)nn3-c3ccccc3)CN2C(=O)Nc2cc(C)cc(C)c2)cc1. The van der Waals surface area contributed by atoms with E-state index in [0.29, 0.717) is 6.54 Å². The predicted molar refractivity (Wildman–Crippen MR) is 151 cm³/mol. The van der Waals surface area contributed by atoms with Crippen LogP contribution in [0.2, 0.25) is 0 Å². The highest BCUT2D eigenvalue weighted by molar-refractivity contribution is 5.90. The lowest BCUT2D eigenvalue weighted by Crippen LogP contribution is -2.38. The summed E-state index contributed by atoms with van der Waals surface area (Å²) in [5.41, 5.74) is 9.19. The minimum atomic E-state index is -0.285. The van der Waals surface area contributed by atoms with Gasteiger partial charge in [0.1, 0.15) is 5.82 Å². The Morgan fingerprint density at radius 3 is 2.26 bits per heavy atom. The monoisotopic (exact) mass is 501 g/mol. The molecular weight excluding hydrogens is 470 g/mol. The number of hydrogen-bond acceptors (Lipinski definition) is 2. The molecule has 1 aliphatic rings. The van der Waals surface area contributed by atoms with E-state index in [1.54, 1.807) is 0 Å². The van der Waals surface area contributed by atoms with Crippen molar-refractivity contribution in [3.63, 3.8) is 0 Å². The second kappa shape index (κ2) is 9.38. The lowest BCUT2D eigenvalue weighted by molar-refractivity contribution is 0.194. The van der Waals surface area contributed by atoms with Crippen LogP contribution in [-0.4, -0.2) is 25.3 Å². The van der Waals surface area contributed by atoms with Crippen molar-refractivity contribution < 1.29 is 4.79 Å². The molecule has 38 heavy (non-hydrogen) atoms. The highest BCUT2D eigenvalue weighted by atomic mass is 16.2. The Hall–Kier alpha value is -4.58. The number of aromatic nitrogens is 3. The molecular formula is C32H31N5O. The van der Waals surface area contributed by atoms with Crippen molar-refractivity contribution in [2.24, 2.45) is 0 Å². The first-order valence-corrected chi connectivity index (χ1v) is 12.9. The van der Waals surface area contributed by atoms with Gasteiger partial charge in [0.2, 0.25) is 0 Å². The molecule has 0 fully saturated rings. The fourth-order valence-electron chi connectivity index (χ4n) is 5.49. The van der Waals surface area contributed by atoms with E-state index in [2.05, 4.69) is 71.5 Å². The van der Waals surface area contributed by atoms with Gasteiger partial charge in [-0.15, -0.1) is 0 Å². The third kappa shape index (κ3) is 4.18. The highest BCUT2D eigenvalue weighted by Gasteiger charge is 2.36. The molecule has 6 rings (SSSR count). The van der Waals surface area contributed by atoms with E-state index in [1.165, 1.54) is 5.56 Å². The van der Waals surface area contributed by atoms with Gasteiger partial charge >= 0.3 is 6.03 Å². The summed E-state index contributed by atoms with van der Waals surface area (Å²) >= 11 is 0. The Labute approximate surface area is 223 Å². The third-order valence-corrected chi connectivity index (χ3v) is 7.21. The van der Waals surface area contributed by atoms with Crippen LogP contribution in [-0.2, 0) is 6.54 Å². The summed E-state index contributed by atoms with van der Waals surface area (Å²) in [5, 5.41) is 8.12. The molecule has 6 heteroatoms. The molecule has 5 aromatic rings. The summed E-state index contributed by atoms with van der Waals surface area (Å²) in [4.78, 5) is 16.0. The molecule has 2 aromatic heterocycles.